The molecule has 0 saturated heterocycles. The lowest BCUT2D eigenvalue weighted by molar-refractivity contribution is -0.147. The van der Waals surface area contributed by atoms with E-state index in [0.29, 0.717) is 17.8 Å². The summed E-state index contributed by atoms with van der Waals surface area (Å²) in [5.41, 5.74) is 2.26. The van der Waals surface area contributed by atoms with Crippen molar-refractivity contribution >= 4 is 18.0 Å². The minimum atomic E-state index is -0.474. The van der Waals surface area contributed by atoms with Crippen LogP contribution in [0.4, 0.5) is 0 Å². The highest BCUT2D eigenvalue weighted by Crippen LogP contribution is 2.30. The van der Waals surface area contributed by atoms with E-state index in [-0.39, 0.29) is 25.6 Å². The predicted molar refractivity (Wildman–Crippen MR) is 116 cm³/mol. The van der Waals surface area contributed by atoms with Gasteiger partial charge in [0, 0.05) is 6.42 Å². The molecule has 2 aromatic rings. The van der Waals surface area contributed by atoms with Crippen LogP contribution in [0.3, 0.4) is 0 Å². The van der Waals surface area contributed by atoms with Crippen LogP contribution in [0.5, 0.6) is 5.75 Å². The van der Waals surface area contributed by atoms with Gasteiger partial charge in [-0.1, -0.05) is 48.5 Å². The molecule has 0 aliphatic carbocycles. The van der Waals surface area contributed by atoms with Crippen LogP contribution >= 0.6 is 0 Å². The van der Waals surface area contributed by atoms with Crippen molar-refractivity contribution in [3.05, 3.63) is 83.1 Å². The Labute approximate surface area is 182 Å². The van der Waals surface area contributed by atoms with E-state index in [9.17, 15) is 9.59 Å². The fourth-order valence-corrected chi connectivity index (χ4v) is 3.15. The summed E-state index contributed by atoms with van der Waals surface area (Å²) in [5.74, 6) is 0.361. The molecule has 2 aromatic carbocycles. The van der Waals surface area contributed by atoms with Gasteiger partial charge in [-0.05, 0) is 36.3 Å². The van der Waals surface area contributed by atoms with Crippen LogP contribution in [0.25, 0.3) is 6.08 Å². The molecule has 0 amide bonds. The third kappa shape index (κ3) is 6.47. The molecule has 31 heavy (non-hydrogen) atoms. The third-order valence-electron chi connectivity index (χ3n) is 4.72. The normalized spacial score (nSPS) is 15.6. The van der Waals surface area contributed by atoms with Crippen molar-refractivity contribution in [2.75, 3.05) is 13.7 Å². The molecule has 0 fully saturated rings. The summed E-state index contributed by atoms with van der Waals surface area (Å²) < 4.78 is 21.5. The highest BCUT2D eigenvalue weighted by Gasteiger charge is 2.31. The molecule has 0 radical (unpaired) electrons. The molecule has 1 unspecified atom stereocenters. The number of hydrogen-bond donors (Lipinski definition) is 0. The summed E-state index contributed by atoms with van der Waals surface area (Å²) in [5, 5.41) is 0. The first kappa shape index (κ1) is 22.2. The van der Waals surface area contributed by atoms with Crippen molar-refractivity contribution in [1.29, 1.82) is 0 Å². The molecule has 6 nitrogen and oxygen atoms in total. The Balaban J connectivity index is 1.63. The monoisotopic (exact) mass is 422 g/mol. The maximum Gasteiger partial charge on any atom is 0.337 e. The zero-order chi connectivity index (χ0) is 22.1. The Kier molecular flexibility index (Phi) is 7.87. The standard InChI is InChI=1S/C25H26O6/c1-3-29-25(27)22-15-21(16-24(26)30-17-19-7-5-4-6-8-19)31-23(22)14-11-18-9-12-20(28-2)13-10-18/h4-14,21H,3,15-17H2,1-2H3/b14-11+. The number of carbonyl (C=O) groups excluding carboxylic acids is 2. The van der Waals surface area contributed by atoms with E-state index in [2.05, 4.69) is 0 Å². The zero-order valence-corrected chi connectivity index (χ0v) is 17.7. The molecule has 0 saturated carbocycles. The second-order valence-electron chi connectivity index (χ2n) is 6.96. The average molecular weight is 422 g/mol. The predicted octanol–water partition coefficient (Wildman–Crippen LogP) is 4.45. The van der Waals surface area contributed by atoms with Gasteiger partial charge >= 0.3 is 11.9 Å². The number of esters is 2. The Morgan fingerprint density at radius 1 is 1.03 bits per heavy atom. The number of benzene rings is 2. The van der Waals surface area contributed by atoms with Gasteiger partial charge in [0.05, 0.1) is 25.7 Å². The molecule has 0 aromatic heterocycles. The highest BCUT2D eigenvalue weighted by molar-refractivity contribution is 5.90. The van der Waals surface area contributed by atoms with Crippen molar-refractivity contribution in [2.24, 2.45) is 0 Å². The van der Waals surface area contributed by atoms with E-state index in [4.69, 9.17) is 18.9 Å². The molecule has 3 rings (SSSR count). The van der Waals surface area contributed by atoms with Crippen molar-refractivity contribution in [1.82, 2.24) is 0 Å². The zero-order valence-electron chi connectivity index (χ0n) is 17.7. The molecule has 1 aliphatic rings. The summed E-state index contributed by atoms with van der Waals surface area (Å²) in [4.78, 5) is 24.6. The molecule has 0 bridgehead atoms. The lowest BCUT2D eigenvalue weighted by Crippen LogP contribution is -2.16. The minimum Gasteiger partial charge on any atom is -0.497 e. The largest absolute Gasteiger partial charge is 0.497 e. The van der Waals surface area contributed by atoms with Crippen molar-refractivity contribution in [3.8, 4) is 5.75 Å². The summed E-state index contributed by atoms with van der Waals surface area (Å²) in [6.45, 7) is 2.22. The molecule has 1 heterocycles. The Morgan fingerprint density at radius 2 is 1.77 bits per heavy atom. The van der Waals surface area contributed by atoms with E-state index < -0.39 is 12.1 Å². The maximum absolute atomic E-state index is 12.4. The quantitative estimate of drug-likeness (QED) is 0.556. The molecule has 6 heteroatoms. The summed E-state index contributed by atoms with van der Waals surface area (Å²) in [6, 6.07) is 17.0. The number of allylic oxidation sites excluding steroid dienone is 1. The molecular weight excluding hydrogens is 396 g/mol. The fraction of sp³-hybridized carbons (Fsp3) is 0.280. The second kappa shape index (κ2) is 11.0. The van der Waals surface area contributed by atoms with Gasteiger partial charge in [-0.15, -0.1) is 0 Å². The van der Waals surface area contributed by atoms with Crippen molar-refractivity contribution in [3.63, 3.8) is 0 Å². The first-order valence-electron chi connectivity index (χ1n) is 10.2. The lowest BCUT2D eigenvalue weighted by atomic mass is 10.1. The molecule has 1 atom stereocenters. The number of ether oxygens (including phenoxy) is 4. The van der Waals surface area contributed by atoms with Crippen LogP contribution in [0.2, 0.25) is 0 Å². The fourth-order valence-electron chi connectivity index (χ4n) is 3.15. The summed E-state index contributed by atoms with van der Waals surface area (Å²) >= 11 is 0. The van der Waals surface area contributed by atoms with E-state index in [1.165, 1.54) is 0 Å². The number of methoxy groups -OCH3 is 1. The Morgan fingerprint density at radius 3 is 2.45 bits per heavy atom. The van der Waals surface area contributed by atoms with Crippen LogP contribution in [0.15, 0.2) is 72.0 Å². The van der Waals surface area contributed by atoms with Gasteiger partial charge in [0.15, 0.2) is 0 Å². The van der Waals surface area contributed by atoms with Gasteiger partial charge < -0.3 is 18.9 Å². The average Bonchev–Trinajstić information content (AvgIpc) is 3.20. The van der Waals surface area contributed by atoms with Gasteiger partial charge in [-0.25, -0.2) is 4.79 Å². The molecule has 0 N–H and O–H groups in total. The first-order valence-corrected chi connectivity index (χ1v) is 10.2. The van der Waals surface area contributed by atoms with Crippen molar-refractivity contribution < 1.29 is 28.5 Å². The van der Waals surface area contributed by atoms with Crippen LogP contribution in [-0.2, 0) is 30.4 Å². The smallest absolute Gasteiger partial charge is 0.337 e. The highest BCUT2D eigenvalue weighted by atomic mass is 16.5. The summed E-state index contributed by atoms with van der Waals surface area (Å²) in [6.07, 6.45) is 3.43. The SMILES string of the molecule is CCOC(=O)C1=C(/C=C/c2ccc(OC)cc2)OC(CC(=O)OCc2ccccc2)C1. The van der Waals surface area contributed by atoms with Gasteiger partial charge in [0.2, 0.25) is 0 Å². The first-order chi connectivity index (χ1) is 15.1. The van der Waals surface area contributed by atoms with Crippen molar-refractivity contribution in [2.45, 2.75) is 32.5 Å². The molecule has 0 spiro atoms. The van der Waals surface area contributed by atoms with Crippen LogP contribution in [0, 0.1) is 0 Å². The van der Waals surface area contributed by atoms with Crippen LogP contribution in [-0.4, -0.2) is 31.8 Å². The molecular formula is C25H26O6. The lowest BCUT2D eigenvalue weighted by Gasteiger charge is -2.11. The van der Waals surface area contributed by atoms with Gasteiger partial charge in [0.25, 0.3) is 0 Å². The van der Waals surface area contributed by atoms with E-state index in [0.717, 1.165) is 16.9 Å². The van der Waals surface area contributed by atoms with Gasteiger partial charge in [0.1, 0.15) is 24.2 Å². The van der Waals surface area contributed by atoms with E-state index in [1.54, 1.807) is 20.1 Å². The van der Waals surface area contributed by atoms with Gasteiger partial charge in [-0.2, -0.15) is 0 Å². The molecule has 1 aliphatic heterocycles. The Bertz CT molecular complexity index is 944. The minimum absolute atomic E-state index is 0.0512. The van der Waals surface area contributed by atoms with E-state index >= 15 is 0 Å². The number of rotatable bonds is 9. The topological polar surface area (TPSA) is 71.1 Å². The van der Waals surface area contributed by atoms with Crippen LogP contribution < -0.4 is 4.74 Å². The third-order valence-corrected chi connectivity index (χ3v) is 4.72. The van der Waals surface area contributed by atoms with Gasteiger partial charge in [-0.3, -0.25) is 4.79 Å². The second-order valence-corrected chi connectivity index (χ2v) is 6.96. The molecule has 162 valence electrons. The van der Waals surface area contributed by atoms with E-state index in [1.807, 2.05) is 60.7 Å². The summed E-state index contributed by atoms with van der Waals surface area (Å²) in [7, 11) is 1.61. The Hall–Kier alpha value is -3.54. The number of carbonyl (C=O) groups is 2. The van der Waals surface area contributed by atoms with Crippen LogP contribution in [0.1, 0.15) is 30.9 Å². The maximum atomic E-state index is 12.4. The number of hydrogen-bond acceptors (Lipinski definition) is 6.